The van der Waals surface area contributed by atoms with E-state index < -0.39 is 0 Å². The molecule has 1 aromatic heterocycles. The molecule has 0 N–H and O–H groups in total. The van der Waals surface area contributed by atoms with Crippen LogP contribution in [0.3, 0.4) is 0 Å². The van der Waals surface area contributed by atoms with Gasteiger partial charge in [0.15, 0.2) is 0 Å². The number of hydrogen-bond donors (Lipinski definition) is 0. The molecule has 0 spiro atoms. The zero-order valence-electron chi connectivity index (χ0n) is 19.1. The minimum Gasteiger partial charge on any atom is -0.330 e. The molecule has 0 saturated carbocycles. The molecule has 1 aliphatic heterocycles. The molecule has 2 amide bonds. The van der Waals surface area contributed by atoms with Crippen LogP contribution in [0.1, 0.15) is 57.7 Å². The second kappa shape index (κ2) is 10.5. The number of aryl methyl sites for hydroxylation is 1. The predicted octanol–water partition coefficient (Wildman–Crippen LogP) is 6.13. The van der Waals surface area contributed by atoms with Crippen molar-refractivity contribution >= 4 is 34.8 Å². The van der Waals surface area contributed by atoms with Crippen LogP contribution in [0.15, 0.2) is 60.0 Å². The van der Waals surface area contributed by atoms with Gasteiger partial charge in [0.1, 0.15) is 6.54 Å². The van der Waals surface area contributed by atoms with Crippen molar-refractivity contribution in [3.8, 4) is 0 Å². The van der Waals surface area contributed by atoms with E-state index in [1.165, 1.54) is 10.4 Å². The summed E-state index contributed by atoms with van der Waals surface area (Å²) in [5.74, 6) is -0.223. The molecule has 4 rings (SSSR count). The minimum absolute atomic E-state index is 0.0309. The van der Waals surface area contributed by atoms with Gasteiger partial charge in [0.25, 0.3) is 5.91 Å². The lowest BCUT2D eigenvalue weighted by molar-refractivity contribution is -0.134. The Hall–Kier alpha value is -2.63. The Balaban J connectivity index is 1.63. The first-order valence-corrected chi connectivity index (χ1v) is 12.7. The molecule has 3 aromatic rings. The zero-order valence-corrected chi connectivity index (χ0v) is 20.7. The SMILES string of the molecule is CCCCN(CC(=O)N1CCc2sccc2C1c1ccccc1C)C(=O)c1ccccc1Cl. The van der Waals surface area contributed by atoms with Crippen molar-refractivity contribution in [3.63, 3.8) is 0 Å². The molecule has 0 radical (unpaired) electrons. The third-order valence-corrected chi connectivity index (χ3v) is 7.59. The van der Waals surface area contributed by atoms with E-state index >= 15 is 0 Å². The maximum absolute atomic E-state index is 13.7. The molecule has 0 saturated heterocycles. The average Bonchev–Trinajstić information content (AvgIpc) is 3.30. The summed E-state index contributed by atoms with van der Waals surface area (Å²) in [5, 5.41) is 2.52. The average molecular weight is 481 g/mol. The number of fused-ring (bicyclic) bond motifs is 1. The molecule has 4 nitrogen and oxygen atoms in total. The molecule has 1 atom stereocenters. The van der Waals surface area contributed by atoms with Crippen molar-refractivity contribution in [2.24, 2.45) is 0 Å². The monoisotopic (exact) mass is 480 g/mol. The second-order valence-electron chi connectivity index (χ2n) is 8.46. The summed E-state index contributed by atoms with van der Waals surface area (Å²) in [6.07, 6.45) is 2.61. The smallest absolute Gasteiger partial charge is 0.255 e. The predicted molar refractivity (Wildman–Crippen MR) is 135 cm³/mol. The lowest BCUT2D eigenvalue weighted by Gasteiger charge is -2.38. The van der Waals surface area contributed by atoms with Gasteiger partial charge in [-0.25, -0.2) is 0 Å². The number of carbonyl (C=O) groups is 2. The van der Waals surface area contributed by atoms with Crippen LogP contribution in [0.5, 0.6) is 0 Å². The molecule has 0 fully saturated rings. The van der Waals surface area contributed by atoms with Gasteiger partial charge >= 0.3 is 0 Å². The fourth-order valence-corrected chi connectivity index (χ4v) is 5.59. The van der Waals surface area contributed by atoms with Gasteiger partial charge in [-0.2, -0.15) is 0 Å². The summed E-state index contributed by atoms with van der Waals surface area (Å²) in [6, 6.07) is 17.3. The van der Waals surface area contributed by atoms with Crippen LogP contribution >= 0.6 is 22.9 Å². The van der Waals surface area contributed by atoms with E-state index in [1.807, 2.05) is 17.0 Å². The van der Waals surface area contributed by atoms with Crippen LogP contribution in [0.2, 0.25) is 5.02 Å². The van der Waals surface area contributed by atoms with Crippen molar-refractivity contribution in [1.82, 2.24) is 9.80 Å². The summed E-state index contributed by atoms with van der Waals surface area (Å²) in [5.41, 5.74) is 3.95. The lowest BCUT2D eigenvalue weighted by atomic mass is 9.90. The van der Waals surface area contributed by atoms with Crippen LogP contribution in [-0.4, -0.2) is 41.2 Å². The van der Waals surface area contributed by atoms with Crippen molar-refractivity contribution < 1.29 is 9.59 Å². The normalized spacial score (nSPS) is 15.2. The highest BCUT2D eigenvalue weighted by Gasteiger charge is 2.34. The molecule has 0 bridgehead atoms. The van der Waals surface area contributed by atoms with Crippen molar-refractivity contribution in [2.45, 2.75) is 39.2 Å². The van der Waals surface area contributed by atoms with E-state index in [2.05, 4.69) is 37.4 Å². The molecule has 33 heavy (non-hydrogen) atoms. The van der Waals surface area contributed by atoms with Crippen molar-refractivity contribution in [1.29, 1.82) is 0 Å². The highest BCUT2D eigenvalue weighted by molar-refractivity contribution is 7.10. The van der Waals surface area contributed by atoms with E-state index in [0.29, 0.717) is 23.7 Å². The van der Waals surface area contributed by atoms with Gasteiger partial charge in [-0.3, -0.25) is 9.59 Å². The number of hydrogen-bond acceptors (Lipinski definition) is 3. The number of halogens is 1. The summed E-state index contributed by atoms with van der Waals surface area (Å²) >= 11 is 8.06. The largest absolute Gasteiger partial charge is 0.330 e. The van der Waals surface area contributed by atoms with Gasteiger partial charge in [0.2, 0.25) is 5.91 Å². The van der Waals surface area contributed by atoms with Gasteiger partial charge in [-0.05, 0) is 60.0 Å². The van der Waals surface area contributed by atoms with Crippen LogP contribution < -0.4 is 0 Å². The van der Waals surface area contributed by atoms with E-state index in [-0.39, 0.29) is 24.4 Å². The molecule has 0 aliphatic carbocycles. The number of amides is 2. The summed E-state index contributed by atoms with van der Waals surface area (Å²) in [6.45, 7) is 5.39. The molecule has 1 unspecified atom stereocenters. The van der Waals surface area contributed by atoms with Crippen LogP contribution in [0, 0.1) is 6.92 Å². The maximum atomic E-state index is 13.7. The first kappa shape index (κ1) is 23.5. The Morgan fingerprint density at radius 2 is 1.85 bits per heavy atom. The van der Waals surface area contributed by atoms with E-state index in [0.717, 1.165) is 30.4 Å². The topological polar surface area (TPSA) is 40.6 Å². The Morgan fingerprint density at radius 3 is 2.61 bits per heavy atom. The molecule has 172 valence electrons. The van der Waals surface area contributed by atoms with Gasteiger partial charge in [-0.1, -0.05) is 61.3 Å². The quantitative estimate of drug-likeness (QED) is 0.408. The highest BCUT2D eigenvalue weighted by atomic mass is 35.5. The van der Waals surface area contributed by atoms with Crippen molar-refractivity contribution in [3.05, 3.63) is 92.1 Å². The van der Waals surface area contributed by atoms with Crippen molar-refractivity contribution in [2.75, 3.05) is 19.6 Å². The summed E-state index contributed by atoms with van der Waals surface area (Å²) < 4.78 is 0. The van der Waals surface area contributed by atoms with Gasteiger partial charge in [0.05, 0.1) is 16.6 Å². The van der Waals surface area contributed by atoms with Crippen LogP contribution in [-0.2, 0) is 11.2 Å². The summed E-state index contributed by atoms with van der Waals surface area (Å²) in [7, 11) is 0. The number of thiophene rings is 1. The number of benzene rings is 2. The Bertz CT molecular complexity index is 1140. The third-order valence-electron chi connectivity index (χ3n) is 6.27. The van der Waals surface area contributed by atoms with Gasteiger partial charge < -0.3 is 9.80 Å². The first-order valence-electron chi connectivity index (χ1n) is 11.5. The molecule has 2 heterocycles. The Kier molecular flexibility index (Phi) is 7.51. The van der Waals surface area contributed by atoms with Gasteiger partial charge in [0, 0.05) is 18.0 Å². The van der Waals surface area contributed by atoms with E-state index in [4.69, 9.17) is 11.6 Å². The Morgan fingerprint density at radius 1 is 1.09 bits per heavy atom. The molecular formula is C27H29ClN2O2S. The number of nitrogens with zero attached hydrogens (tertiary/aromatic N) is 2. The number of carbonyl (C=O) groups excluding carboxylic acids is 2. The first-order chi connectivity index (χ1) is 16.0. The fraction of sp³-hybridized carbons (Fsp3) is 0.333. The number of rotatable bonds is 7. The minimum atomic E-state index is -0.192. The van der Waals surface area contributed by atoms with Crippen LogP contribution in [0.4, 0.5) is 0 Å². The molecule has 6 heteroatoms. The van der Waals surface area contributed by atoms with E-state index in [1.54, 1.807) is 40.5 Å². The van der Waals surface area contributed by atoms with E-state index in [9.17, 15) is 9.59 Å². The standard InChI is InChI=1S/C27H29ClN2O2S/c1-3-4-15-29(27(32)21-11-7-8-12-23(21)28)18-25(31)30-16-13-24-22(14-17-33-24)26(30)20-10-6-5-9-19(20)2/h5-12,14,17,26H,3-4,13,15-16,18H2,1-2H3. The fourth-order valence-electron chi connectivity index (χ4n) is 4.47. The maximum Gasteiger partial charge on any atom is 0.255 e. The molecular weight excluding hydrogens is 452 g/mol. The molecule has 2 aromatic carbocycles. The molecule has 1 aliphatic rings. The third kappa shape index (κ3) is 4.99. The lowest BCUT2D eigenvalue weighted by Crippen LogP contribution is -2.47. The Labute approximate surface area is 204 Å². The van der Waals surface area contributed by atoms with Gasteiger partial charge in [-0.15, -0.1) is 11.3 Å². The number of unbranched alkanes of at least 4 members (excludes halogenated alkanes) is 1. The highest BCUT2D eigenvalue weighted by Crippen LogP contribution is 2.39. The zero-order chi connectivity index (χ0) is 23.4. The summed E-state index contributed by atoms with van der Waals surface area (Å²) in [4.78, 5) is 32.0. The van der Waals surface area contributed by atoms with Crippen LogP contribution in [0.25, 0.3) is 0 Å². The second-order valence-corrected chi connectivity index (χ2v) is 9.86.